The Morgan fingerprint density at radius 3 is 2.62 bits per heavy atom. The van der Waals surface area contributed by atoms with E-state index in [2.05, 4.69) is 22.3 Å². The highest BCUT2D eigenvalue weighted by Crippen LogP contribution is 2.28. The fourth-order valence-electron chi connectivity index (χ4n) is 3.64. The SMILES string of the molecule is CN1CCN(c2nc(-c3ccccc3)nc3c2CCNCC3)CCC1=O. The first-order valence-corrected chi connectivity index (χ1v) is 9.37. The van der Waals surface area contributed by atoms with E-state index in [0.29, 0.717) is 13.0 Å². The van der Waals surface area contributed by atoms with Gasteiger partial charge in [-0.3, -0.25) is 4.79 Å². The van der Waals surface area contributed by atoms with Gasteiger partial charge < -0.3 is 15.1 Å². The zero-order valence-electron chi connectivity index (χ0n) is 15.2. The van der Waals surface area contributed by atoms with Crippen LogP contribution in [0.15, 0.2) is 30.3 Å². The maximum absolute atomic E-state index is 12.1. The fraction of sp³-hybridized carbons (Fsp3) is 0.450. The molecular formula is C20H25N5O. The molecule has 3 heterocycles. The van der Waals surface area contributed by atoms with Crippen LogP contribution in [0.5, 0.6) is 0 Å². The number of anilines is 1. The molecule has 1 fully saturated rings. The minimum absolute atomic E-state index is 0.206. The van der Waals surface area contributed by atoms with Crippen molar-refractivity contribution in [3.8, 4) is 11.4 Å². The monoisotopic (exact) mass is 351 g/mol. The summed E-state index contributed by atoms with van der Waals surface area (Å²) in [6.45, 7) is 4.15. The van der Waals surface area contributed by atoms with Gasteiger partial charge in [-0.15, -0.1) is 0 Å². The third-order valence-corrected chi connectivity index (χ3v) is 5.22. The normalized spacial score (nSPS) is 18.3. The molecule has 136 valence electrons. The summed E-state index contributed by atoms with van der Waals surface area (Å²) in [5.41, 5.74) is 3.42. The third-order valence-electron chi connectivity index (χ3n) is 5.22. The van der Waals surface area contributed by atoms with Gasteiger partial charge in [0.25, 0.3) is 0 Å². The third kappa shape index (κ3) is 3.42. The van der Waals surface area contributed by atoms with Crippen molar-refractivity contribution < 1.29 is 4.79 Å². The lowest BCUT2D eigenvalue weighted by Gasteiger charge is -2.25. The highest BCUT2D eigenvalue weighted by molar-refractivity contribution is 5.77. The van der Waals surface area contributed by atoms with Crippen molar-refractivity contribution in [2.75, 3.05) is 44.7 Å². The number of nitrogens with zero attached hydrogens (tertiary/aromatic N) is 4. The number of aromatic nitrogens is 2. The number of rotatable bonds is 2. The average molecular weight is 351 g/mol. The summed E-state index contributed by atoms with van der Waals surface area (Å²) in [5, 5.41) is 3.46. The minimum atomic E-state index is 0.206. The van der Waals surface area contributed by atoms with Crippen molar-refractivity contribution in [1.82, 2.24) is 20.2 Å². The lowest BCUT2D eigenvalue weighted by molar-refractivity contribution is -0.129. The van der Waals surface area contributed by atoms with Crippen LogP contribution in [0.2, 0.25) is 0 Å². The molecular weight excluding hydrogens is 326 g/mol. The van der Waals surface area contributed by atoms with E-state index in [1.807, 2.05) is 30.1 Å². The van der Waals surface area contributed by atoms with Gasteiger partial charge in [0.15, 0.2) is 5.82 Å². The highest BCUT2D eigenvalue weighted by atomic mass is 16.2. The van der Waals surface area contributed by atoms with Crippen LogP contribution in [-0.4, -0.2) is 60.5 Å². The first-order valence-electron chi connectivity index (χ1n) is 9.37. The van der Waals surface area contributed by atoms with Gasteiger partial charge in [0, 0.05) is 57.2 Å². The number of hydrogen-bond donors (Lipinski definition) is 1. The summed E-state index contributed by atoms with van der Waals surface area (Å²) in [5.74, 6) is 2.00. The molecule has 1 saturated heterocycles. The minimum Gasteiger partial charge on any atom is -0.354 e. The van der Waals surface area contributed by atoms with E-state index in [0.717, 1.165) is 61.9 Å². The number of likely N-dealkylation sites (N-methyl/N-ethyl adjacent to an activating group) is 1. The number of nitrogens with one attached hydrogen (secondary N) is 1. The van der Waals surface area contributed by atoms with Crippen LogP contribution >= 0.6 is 0 Å². The van der Waals surface area contributed by atoms with Crippen LogP contribution in [0, 0.1) is 0 Å². The van der Waals surface area contributed by atoms with Crippen molar-refractivity contribution >= 4 is 11.7 Å². The van der Waals surface area contributed by atoms with Gasteiger partial charge in [0.05, 0.1) is 5.69 Å². The summed E-state index contributed by atoms with van der Waals surface area (Å²) in [7, 11) is 1.88. The molecule has 0 aliphatic carbocycles. The van der Waals surface area contributed by atoms with Gasteiger partial charge in [-0.1, -0.05) is 30.3 Å². The molecule has 2 aliphatic heterocycles. The maximum atomic E-state index is 12.1. The molecule has 0 bridgehead atoms. The predicted octanol–water partition coefficient (Wildman–Crippen LogP) is 1.50. The lowest BCUT2D eigenvalue weighted by atomic mass is 10.1. The zero-order chi connectivity index (χ0) is 17.9. The molecule has 2 aromatic rings. The number of fused-ring (bicyclic) bond motifs is 1. The molecule has 0 saturated carbocycles. The van der Waals surface area contributed by atoms with Crippen molar-refractivity contribution in [3.05, 3.63) is 41.6 Å². The Labute approximate surface area is 154 Å². The van der Waals surface area contributed by atoms with Gasteiger partial charge in [-0.05, 0) is 13.0 Å². The lowest BCUT2D eigenvalue weighted by Crippen LogP contribution is -2.31. The summed E-state index contributed by atoms with van der Waals surface area (Å²) >= 11 is 0. The number of benzene rings is 1. The molecule has 1 aromatic carbocycles. The Hall–Kier alpha value is -2.47. The van der Waals surface area contributed by atoms with Crippen molar-refractivity contribution in [3.63, 3.8) is 0 Å². The smallest absolute Gasteiger partial charge is 0.224 e. The van der Waals surface area contributed by atoms with E-state index in [-0.39, 0.29) is 5.91 Å². The summed E-state index contributed by atoms with van der Waals surface area (Å²) in [6.07, 6.45) is 2.38. The van der Waals surface area contributed by atoms with E-state index in [9.17, 15) is 4.79 Å². The Morgan fingerprint density at radius 1 is 0.962 bits per heavy atom. The summed E-state index contributed by atoms with van der Waals surface area (Å²) < 4.78 is 0. The van der Waals surface area contributed by atoms with Gasteiger partial charge in [0.2, 0.25) is 5.91 Å². The standard InChI is InChI=1S/C20H25N5O/c1-24-13-14-25(12-9-18(24)26)20-16-7-10-21-11-8-17(16)22-19(23-20)15-5-3-2-4-6-15/h2-6,21H,7-14H2,1H3. The van der Waals surface area contributed by atoms with Crippen molar-refractivity contribution in [2.24, 2.45) is 0 Å². The van der Waals surface area contributed by atoms with E-state index < -0.39 is 0 Å². The molecule has 1 amide bonds. The second-order valence-electron chi connectivity index (χ2n) is 6.96. The van der Waals surface area contributed by atoms with Crippen LogP contribution in [0.25, 0.3) is 11.4 Å². The molecule has 2 aliphatic rings. The van der Waals surface area contributed by atoms with Crippen LogP contribution < -0.4 is 10.2 Å². The summed E-state index contributed by atoms with van der Waals surface area (Å²) in [6, 6.07) is 10.2. The van der Waals surface area contributed by atoms with Crippen LogP contribution in [0.4, 0.5) is 5.82 Å². The van der Waals surface area contributed by atoms with Gasteiger partial charge in [-0.2, -0.15) is 0 Å². The van der Waals surface area contributed by atoms with E-state index >= 15 is 0 Å². The Balaban J connectivity index is 1.77. The first-order chi connectivity index (χ1) is 12.7. The molecule has 1 aromatic heterocycles. The van der Waals surface area contributed by atoms with Crippen LogP contribution in [-0.2, 0) is 17.6 Å². The second-order valence-corrected chi connectivity index (χ2v) is 6.96. The number of carbonyl (C=O) groups excluding carboxylic acids is 1. The molecule has 0 unspecified atom stereocenters. The quantitative estimate of drug-likeness (QED) is 0.888. The van der Waals surface area contributed by atoms with Crippen LogP contribution in [0.1, 0.15) is 17.7 Å². The van der Waals surface area contributed by atoms with Crippen molar-refractivity contribution in [1.29, 1.82) is 0 Å². The van der Waals surface area contributed by atoms with E-state index in [1.165, 1.54) is 5.56 Å². The Bertz CT molecular complexity index is 792. The van der Waals surface area contributed by atoms with Crippen LogP contribution in [0.3, 0.4) is 0 Å². The Kier molecular flexibility index (Phi) is 4.84. The molecule has 4 rings (SSSR count). The Morgan fingerprint density at radius 2 is 1.77 bits per heavy atom. The molecule has 1 N–H and O–H groups in total. The first kappa shape index (κ1) is 17.0. The topological polar surface area (TPSA) is 61.4 Å². The predicted molar refractivity (Wildman–Crippen MR) is 102 cm³/mol. The average Bonchev–Trinajstić information content (AvgIpc) is 3.01. The van der Waals surface area contributed by atoms with Gasteiger partial charge >= 0.3 is 0 Å². The maximum Gasteiger partial charge on any atom is 0.224 e. The molecule has 26 heavy (non-hydrogen) atoms. The molecule has 6 heteroatoms. The zero-order valence-corrected chi connectivity index (χ0v) is 15.2. The summed E-state index contributed by atoms with van der Waals surface area (Å²) in [4.78, 5) is 26.0. The largest absolute Gasteiger partial charge is 0.354 e. The second kappa shape index (κ2) is 7.41. The van der Waals surface area contributed by atoms with Crippen molar-refractivity contribution in [2.45, 2.75) is 19.3 Å². The van der Waals surface area contributed by atoms with E-state index in [1.54, 1.807) is 0 Å². The number of carbonyl (C=O) groups is 1. The number of hydrogen-bond acceptors (Lipinski definition) is 5. The van der Waals surface area contributed by atoms with Gasteiger partial charge in [-0.25, -0.2) is 9.97 Å². The van der Waals surface area contributed by atoms with E-state index in [4.69, 9.17) is 9.97 Å². The molecule has 6 nitrogen and oxygen atoms in total. The molecule has 0 atom stereocenters. The fourth-order valence-corrected chi connectivity index (χ4v) is 3.64. The number of amides is 1. The highest BCUT2D eigenvalue weighted by Gasteiger charge is 2.24. The molecule has 0 spiro atoms. The van der Waals surface area contributed by atoms with Gasteiger partial charge in [0.1, 0.15) is 5.82 Å². The molecule has 0 radical (unpaired) electrons.